The molecule has 0 radical (unpaired) electrons. The van der Waals surface area contributed by atoms with E-state index in [0.29, 0.717) is 22.5 Å². The quantitative estimate of drug-likeness (QED) is 0.667. The average molecular weight is 327 g/mol. The minimum atomic E-state index is -0.478. The highest BCUT2D eigenvalue weighted by atomic mass is 79.9. The van der Waals surface area contributed by atoms with E-state index in [1.165, 1.54) is 18.2 Å². The summed E-state index contributed by atoms with van der Waals surface area (Å²) in [5, 5.41) is 0. The number of hydrogen-bond donors (Lipinski definition) is 2. The minimum absolute atomic E-state index is 0.0897. The third kappa shape index (κ3) is 3.39. The van der Waals surface area contributed by atoms with Crippen LogP contribution in [0, 0.1) is 5.82 Å². The number of hydrazine groups is 1. The molecule has 100 valence electrons. The fourth-order valence-corrected chi connectivity index (χ4v) is 1.76. The molecule has 2 aromatic rings. The maximum atomic E-state index is 13.7. The SMILES string of the molecule is CCc1nc(NN)cc(Oc2ccc(Br)cc2F)n1. The van der Waals surface area contributed by atoms with Crippen molar-refractivity contribution in [2.45, 2.75) is 13.3 Å². The Morgan fingerprint density at radius 3 is 2.79 bits per heavy atom. The zero-order valence-electron chi connectivity index (χ0n) is 10.2. The molecule has 0 amide bonds. The number of rotatable bonds is 4. The summed E-state index contributed by atoms with van der Waals surface area (Å²) in [5.74, 6) is 6.13. The number of aromatic nitrogens is 2. The molecule has 7 heteroatoms. The van der Waals surface area contributed by atoms with Crippen molar-refractivity contribution >= 4 is 21.7 Å². The Hall–Kier alpha value is -1.73. The van der Waals surface area contributed by atoms with Crippen LogP contribution in [0.25, 0.3) is 0 Å². The monoisotopic (exact) mass is 326 g/mol. The highest BCUT2D eigenvalue weighted by molar-refractivity contribution is 9.10. The fraction of sp³-hybridized carbons (Fsp3) is 0.167. The van der Waals surface area contributed by atoms with Crippen LogP contribution in [0.4, 0.5) is 10.2 Å². The van der Waals surface area contributed by atoms with E-state index in [1.54, 1.807) is 6.07 Å². The van der Waals surface area contributed by atoms with Gasteiger partial charge in [0.25, 0.3) is 0 Å². The average Bonchev–Trinajstić information content (AvgIpc) is 2.41. The molecule has 0 aliphatic heterocycles. The third-order valence-electron chi connectivity index (χ3n) is 2.32. The van der Waals surface area contributed by atoms with Gasteiger partial charge in [-0.15, -0.1) is 0 Å². The number of nitrogens with one attached hydrogen (secondary N) is 1. The molecule has 0 spiro atoms. The van der Waals surface area contributed by atoms with Gasteiger partial charge in [0.1, 0.15) is 11.6 Å². The molecule has 1 aromatic carbocycles. The standard InChI is InChI=1S/C12H12BrFN4O/c1-2-10-16-11(18-15)6-12(17-10)19-9-4-3-7(13)5-8(9)14/h3-6H,2,15H2,1H3,(H,16,17,18). The Kier molecular flexibility index (Phi) is 4.28. The first-order valence-electron chi connectivity index (χ1n) is 5.60. The van der Waals surface area contributed by atoms with Crippen LogP contribution in [0.2, 0.25) is 0 Å². The molecule has 19 heavy (non-hydrogen) atoms. The van der Waals surface area contributed by atoms with E-state index in [9.17, 15) is 4.39 Å². The molecule has 0 saturated carbocycles. The molecular formula is C12H12BrFN4O. The van der Waals surface area contributed by atoms with Crippen molar-refractivity contribution in [2.75, 3.05) is 5.43 Å². The number of anilines is 1. The van der Waals surface area contributed by atoms with E-state index in [2.05, 4.69) is 31.3 Å². The van der Waals surface area contributed by atoms with Gasteiger partial charge in [-0.3, -0.25) is 0 Å². The Morgan fingerprint density at radius 1 is 1.37 bits per heavy atom. The number of nitrogens with two attached hydrogens (primary N) is 1. The molecule has 0 bridgehead atoms. The lowest BCUT2D eigenvalue weighted by atomic mass is 10.3. The first kappa shape index (κ1) is 13.7. The van der Waals surface area contributed by atoms with Crippen molar-refractivity contribution in [3.63, 3.8) is 0 Å². The molecule has 0 saturated heterocycles. The van der Waals surface area contributed by atoms with Crippen LogP contribution in [0.5, 0.6) is 11.6 Å². The number of aryl methyl sites for hydroxylation is 1. The van der Waals surface area contributed by atoms with Gasteiger partial charge in [0, 0.05) is 17.0 Å². The van der Waals surface area contributed by atoms with Crippen LogP contribution in [0.3, 0.4) is 0 Å². The molecular weight excluding hydrogens is 315 g/mol. The van der Waals surface area contributed by atoms with Gasteiger partial charge >= 0.3 is 0 Å². The molecule has 2 rings (SSSR count). The predicted octanol–water partition coefficient (Wildman–Crippen LogP) is 3.02. The highest BCUT2D eigenvalue weighted by Crippen LogP contribution is 2.26. The van der Waals surface area contributed by atoms with E-state index in [-0.39, 0.29) is 11.6 Å². The van der Waals surface area contributed by atoms with Gasteiger partial charge in [0.15, 0.2) is 11.6 Å². The second-order valence-electron chi connectivity index (χ2n) is 3.68. The second kappa shape index (κ2) is 5.94. The zero-order chi connectivity index (χ0) is 13.8. The van der Waals surface area contributed by atoms with Crippen LogP contribution in [-0.2, 0) is 6.42 Å². The lowest BCUT2D eigenvalue weighted by Crippen LogP contribution is -2.10. The Labute approximate surface area is 118 Å². The lowest BCUT2D eigenvalue weighted by molar-refractivity contribution is 0.424. The number of hydrogen-bond acceptors (Lipinski definition) is 5. The van der Waals surface area contributed by atoms with Crippen molar-refractivity contribution in [1.82, 2.24) is 9.97 Å². The summed E-state index contributed by atoms with van der Waals surface area (Å²) in [6.45, 7) is 1.90. The van der Waals surface area contributed by atoms with Crippen LogP contribution >= 0.6 is 15.9 Å². The van der Waals surface area contributed by atoms with E-state index in [0.717, 1.165) is 0 Å². The molecule has 0 fully saturated rings. The number of ether oxygens (including phenoxy) is 1. The van der Waals surface area contributed by atoms with Gasteiger partial charge in [0.05, 0.1) is 0 Å². The van der Waals surface area contributed by atoms with Gasteiger partial charge in [-0.1, -0.05) is 22.9 Å². The molecule has 0 unspecified atom stereocenters. The Bertz CT molecular complexity index is 572. The predicted molar refractivity (Wildman–Crippen MR) is 73.4 cm³/mol. The van der Waals surface area contributed by atoms with Gasteiger partial charge in [-0.2, -0.15) is 4.98 Å². The van der Waals surface area contributed by atoms with Crippen LogP contribution in [0.1, 0.15) is 12.7 Å². The van der Waals surface area contributed by atoms with E-state index >= 15 is 0 Å². The van der Waals surface area contributed by atoms with Gasteiger partial charge in [-0.05, 0) is 18.2 Å². The number of halogens is 2. The van der Waals surface area contributed by atoms with Gasteiger partial charge in [-0.25, -0.2) is 15.2 Å². The first-order chi connectivity index (χ1) is 9.12. The first-order valence-corrected chi connectivity index (χ1v) is 6.39. The summed E-state index contributed by atoms with van der Waals surface area (Å²) < 4.78 is 19.7. The largest absolute Gasteiger partial charge is 0.436 e. The topological polar surface area (TPSA) is 73.1 Å². The van der Waals surface area contributed by atoms with Crippen LogP contribution in [0.15, 0.2) is 28.7 Å². The smallest absolute Gasteiger partial charge is 0.224 e. The summed E-state index contributed by atoms with van der Waals surface area (Å²) in [5.41, 5.74) is 2.42. The highest BCUT2D eigenvalue weighted by Gasteiger charge is 2.09. The van der Waals surface area contributed by atoms with Gasteiger partial charge in [0.2, 0.25) is 5.88 Å². The zero-order valence-corrected chi connectivity index (χ0v) is 11.7. The Morgan fingerprint density at radius 2 is 2.16 bits per heavy atom. The minimum Gasteiger partial charge on any atom is -0.436 e. The van der Waals surface area contributed by atoms with Crippen molar-refractivity contribution in [3.8, 4) is 11.6 Å². The lowest BCUT2D eigenvalue weighted by Gasteiger charge is -2.09. The second-order valence-corrected chi connectivity index (χ2v) is 4.60. The summed E-state index contributed by atoms with van der Waals surface area (Å²) in [4.78, 5) is 8.27. The summed E-state index contributed by atoms with van der Waals surface area (Å²) in [6, 6.07) is 6.02. The summed E-state index contributed by atoms with van der Waals surface area (Å²) in [7, 11) is 0. The molecule has 1 aromatic heterocycles. The van der Waals surface area contributed by atoms with Crippen LogP contribution < -0.4 is 16.0 Å². The maximum absolute atomic E-state index is 13.7. The number of nitrogens with zero attached hydrogens (tertiary/aromatic N) is 2. The van der Waals surface area contributed by atoms with Crippen molar-refractivity contribution in [3.05, 3.63) is 40.4 Å². The van der Waals surface area contributed by atoms with Crippen molar-refractivity contribution in [2.24, 2.45) is 5.84 Å². The van der Waals surface area contributed by atoms with E-state index < -0.39 is 5.82 Å². The van der Waals surface area contributed by atoms with Crippen molar-refractivity contribution in [1.29, 1.82) is 0 Å². The fourth-order valence-electron chi connectivity index (χ4n) is 1.43. The number of benzene rings is 1. The number of nitrogen functional groups attached to an aromatic ring is 1. The molecule has 5 nitrogen and oxygen atoms in total. The van der Waals surface area contributed by atoms with Crippen LogP contribution in [-0.4, -0.2) is 9.97 Å². The Balaban J connectivity index is 2.31. The normalized spacial score (nSPS) is 10.3. The third-order valence-corrected chi connectivity index (χ3v) is 2.81. The van der Waals surface area contributed by atoms with E-state index in [1.807, 2.05) is 6.92 Å². The summed E-state index contributed by atoms with van der Waals surface area (Å²) >= 11 is 3.18. The van der Waals surface area contributed by atoms with Crippen molar-refractivity contribution < 1.29 is 9.13 Å². The van der Waals surface area contributed by atoms with Gasteiger partial charge < -0.3 is 10.2 Å². The van der Waals surface area contributed by atoms with E-state index in [4.69, 9.17) is 10.6 Å². The molecule has 0 atom stereocenters. The molecule has 0 aliphatic rings. The molecule has 3 N–H and O–H groups in total. The summed E-state index contributed by atoms with van der Waals surface area (Å²) in [6.07, 6.45) is 0.620. The maximum Gasteiger partial charge on any atom is 0.224 e. The molecule has 0 aliphatic carbocycles. The molecule has 1 heterocycles.